The fourth-order valence-electron chi connectivity index (χ4n) is 9.54. The Kier molecular flexibility index (Phi) is 18.8. The maximum absolute atomic E-state index is 14.7. The maximum atomic E-state index is 14.7. The SMILES string of the molecule is CCCC(NC(=O)C1[C@H]2CCC[C@H]2CN1C(=O)[C@@H](NC(=O)[C@@H](NC(=O)CCCCc1nnnn1C(C)(C)c1ccccc1)C(C)C)C(C)C)C(=O)C(=O)N[C@H](Cc1ccccc1)C(=O)OC(C)(C)C. The number of rotatable bonds is 23. The summed E-state index contributed by atoms with van der Waals surface area (Å²) in [7, 11) is 0. The van der Waals surface area contributed by atoms with Crippen molar-refractivity contribution in [3.05, 3.63) is 77.6 Å². The van der Waals surface area contributed by atoms with E-state index in [9.17, 15) is 33.6 Å². The number of esters is 1. The third-order valence-electron chi connectivity index (χ3n) is 13.2. The molecule has 0 spiro atoms. The summed E-state index contributed by atoms with van der Waals surface area (Å²) in [5.74, 6) is -4.58. The number of amides is 5. The topological polar surface area (TPSA) is 224 Å². The van der Waals surface area contributed by atoms with Crippen LogP contribution in [0.3, 0.4) is 0 Å². The minimum Gasteiger partial charge on any atom is -0.458 e. The summed E-state index contributed by atoms with van der Waals surface area (Å²) in [6.45, 7) is 18.6. The number of likely N-dealkylation sites (tertiary alicyclic amines) is 1. The Morgan fingerprint density at radius 1 is 0.783 bits per heavy atom. The van der Waals surface area contributed by atoms with E-state index < -0.39 is 76.7 Å². The normalized spacial score (nSPS) is 18.7. The molecule has 7 atom stereocenters. The summed E-state index contributed by atoms with van der Waals surface area (Å²) in [6, 6.07) is 13.7. The van der Waals surface area contributed by atoms with Gasteiger partial charge in [0, 0.05) is 25.8 Å². The summed E-state index contributed by atoms with van der Waals surface area (Å²) in [5, 5.41) is 23.7. The van der Waals surface area contributed by atoms with Gasteiger partial charge in [-0.2, -0.15) is 0 Å². The fraction of sp³-hybridized carbons (Fsp3) is 0.615. The van der Waals surface area contributed by atoms with E-state index in [1.807, 2.05) is 89.5 Å². The van der Waals surface area contributed by atoms with Gasteiger partial charge in [0.2, 0.25) is 29.4 Å². The molecular weight excluding hydrogens is 879 g/mol. The molecule has 1 saturated carbocycles. The molecule has 2 aliphatic rings. The van der Waals surface area contributed by atoms with Gasteiger partial charge in [0.05, 0.1) is 11.6 Å². The molecule has 17 nitrogen and oxygen atoms in total. The summed E-state index contributed by atoms with van der Waals surface area (Å²) in [5.41, 5.74) is 0.478. The van der Waals surface area contributed by atoms with E-state index in [-0.39, 0.29) is 48.8 Å². The highest BCUT2D eigenvalue weighted by molar-refractivity contribution is 6.38. The van der Waals surface area contributed by atoms with E-state index in [1.165, 1.54) is 4.90 Å². The molecule has 1 aromatic heterocycles. The first-order valence-corrected chi connectivity index (χ1v) is 24.8. The first-order chi connectivity index (χ1) is 32.6. The molecule has 2 heterocycles. The van der Waals surface area contributed by atoms with Gasteiger partial charge in [-0.25, -0.2) is 9.48 Å². The number of Topliss-reactive ketones (excluding diaryl/α,β-unsaturated/α-hetero) is 1. The molecule has 0 radical (unpaired) electrons. The van der Waals surface area contributed by atoms with Crippen molar-refractivity contribution in [3.63, 3.8) is 0 Å². The second kappa shape index (κ2) is 24.0. The highest BCUT2D eigenvalue weighted by Gasteiger charge is 2.51. The zero-order valence-electron chi connectivity index (χ0n) is 42.2. The second-order valence-corrected chi connectivity index (χ2v) is 20.9. The number of fused-ring (bicyclic) bond motifs is 1. The maximum Gasteiger partial charge on any atom is 0.329 e. The zero-order valence-corrected chi connectivity index (χ0v) is 42.2. The van der Waals surface area contributed by atoms with E-state index >= 15 is 0 Å². The monoisotopic (exact) mass is 954 g/mol. The molecule has 3 aromatic rings. The zero-order chi connectivity index (χ0) is 50.6. The number of hydrogen-bond acceptors (Lipinski definition) is 11. The largest absolute Gasteiger partial charge is 0.458 e. The first-order valence-electron chi connectivity index (χ1n) is 24.8. The summed E-state index contributed by atoms with van der Waals surface area (Å²) < 4.78 is 7.40. The van der Waals surface area contributed by atoms with Crippen molar-refractivity contribution < 1.29 is 38.3 Å². The van der Waals surface area contributed by atoms with E-state index in [1.54, 1.807) is 45.0 Å². The van der Waals surface area contributed by atoms with Gasteiger partial charge in [0.15, 0.2) is 5.82 Å². The van der Waals surface area contributed by atoms with Crippen LogP contribution in [0.1, 0.15) is 138 Å². The Labute approximate surface area is 407 Å². The van der Waals surface area contributed by atoms with Crippen molar-refractivity contribution in [2.24, 2.45) is 23.7 Å². The van der Waals surface area contributed by atoms with Crippen molar-refractivity contribution in [3.8, 4) is 0 Å². The van der Waals surface area contributed by atoms with Crippen LogP contribution in [0, 0.1) is 23.7 Å². The molecule has 69 heavy (non-hydrogen) atoms. The van der Waals surface area contributed by atoms with Crippen LogP contribution in [0.15, 0.2) is 60.7 Å². The van der Waals surface area contributed by atoms with Crippen LogP contribution in [-0.4, -0.2) is 109 Å². The number of ether oxygens (including phenoxy) is 1. The number of benzene rings is 2. The lowest BCUT2D eigenvalue weighted by molar-refractivity contribution is -0.159. The minimum absolute atomic E-state index is 0.0371. The van der Waals surface area contributed by atoms with Gasteiger partial charge in [-0.15, -0.1) is 5.10 Å². The number of hydrogen-bond donors (Lipinski definition) is 4. The third-order valence-corrected chi connectivity index (χ3v) is 13.2. The summed E-state index contributed by atoms with van der Waals surface area (Å²) >= 11 is 0. The van der Waals surface area contributed by atoms with E-state index in [0.29, 0.717) is 44.5 Å². The molecule has 5 amide bonds. The number of unbranched alkanes of at least 4 members (excludes halogenated alkanes) is 1. The van der Waals surface area contributed by atoms with Crippen LogP contribution < -0.4 is 21.3 Å². The summed E-state index contributed by atoms with van der Waals surface area (Å²) in [4.78, 5) is 98.9. The predicted molar refractivity (Wildman–Crippen MR) is 260 cm³/mol. The number of ketones is 1. The Morgan fingerprint density at radius 2 is 1.43 bits per heavy atom. The smallest absolute Gasteiger partial charge is 0.329 e. The minimum atomic E-state index is -1.23. The standard InChI is InChI=1S/C52H75N9O8/c1-11-21-38(45(63)48(66)54-39(50(68)69-51(6,7)8)30-34-22-14-12-15-23-34)53-47(65)44-37-27-20-24-35(37)31-60(44)49(67)43(33(4)5)56-46(64)42(32(2)3)55-41(62)29-19-18-28-40-57-58-59-61(40)52(9,10)36-25-16-13-17-26-36/h12-17,22-23,25-26,32-33,35,37-39,42-44H,11,18-21,24,27-31H2,1-10H3,(H,53,65)(H,54,66)(H,55,62)(H,56,64)/t35-,37-,38?,39+,42-,43-,44?/m0/s1. The van der Waals surface area contributed by atoms with Crippen molar-refractivity contribution in [1.29, 1.82) is 0 Å². The molecule has 2 fully saturated rings. The van der Waals surface area contributed by atoms with Gasteiger partial charge in [0.25, 0.3) is 5.91 Å². The quantitative estimate of drug-likeness (QED) is 0.0563. The lowest BCUT2D eigenvalue weighted by Crippen LogP contribution is -2.60. The number of carbonyl (C=O) groups excluding carboxylic acids is 7. The molecule has 1 aliphatic carbocycles. The average Bonchev–Trinajstić information content (AvgIpc) is 4.05. The fourth-order valence-corrected chi connectivity index (χ4v) is 9.54. The number of nitrogens with one attached hydrogen (secondary N) is 4. The van der Waals surface area contributed by atoms with Crippen molar-refractivity contribution in [2.75, 3.05) is 6.54 Å². The van der Waals surface area contributed by atoms with Crippen molar-refractivity contribution in [2.45, 2.75) is 175 Å². The molecule has 17 heteroatoms. The second-order valence-electron chi connectivity index (χ2n) is 20.9. The van der Waals surface area contributed by atoms with Gasteiger partial charge < -0.3 is 30.9 Å². The number of nitrogens with zero attached hydrogens (tertiary/aromatic N) is 5. The lowest BCUT2D eigenvalue weighted by Gasteiger charge is -2.34. The average molecular weight is 954 g/mol. The van der Waals surface area contributed by atoms with E-state index in [2.05, 4.69) is 36.8 Å². The highest BCUT2D eigenvalue weighted by Crippen LogP contribution is 2.43. The number of aryl methyl sites for hydroxylation is 1. The molecule has 1 aliphatic heterocycles. The first kappa shape index (κ1) is 53.9. The van der Waals surface area contributed by atoms with E-state index in [4.69, 9.17) is 4.74 Å². The third kappa shape index (κ3) is 14.3. The molecule has 0 bridgehead atoms. The van der Waals surface area contributed by atoms with Crippen LogP contribution in [0.2, 0.25) is 0 Å². The number of carbonyl (C=O) groups is 7. The van der Waals surface area contributed by atoms with Gasteiger partial charge in [-0.05, 0) is 112 Å². The predicted octanol–water partition coefficient (Wildman–Crippen LogP) is 5.00. The Balaban J connectivity index is 1.22. The van der Waals surface area contributed by atoms with Gasteiger partial charge in [-0.1, -0.05) is 108 Å². The Hall–Kier alpha value is -6.00. The lowest BCUT2D eigenvalue weighted by atomic mass is 9.92. The van der Waals surface area contributed by atoms with Crippen LogP contribution in [-0.2, 0) is 56.7 Å². The number of tetrazole rings is 1. The molecule has 2 aromatic carbocycles. The molecule has 376 valence electrons. The van der Waals surface area contributed by atoms with Crippen LogP contribution in [0.25, 0.3) is 0 Å². The Bertz CT molecular complexity index is 2240. The molecule has 5 rings (SSSR count). The molecular formula is C52H75N9O8. The molecule has 1 saturated heterocycles. The Morgan fingerprint density at radius 3 is 2.06 bits per heavy atom. The molecule has 2 unspecified atom stereocenters. The van der Waals surface area contributed by atoms with Crippen LogP contribution >= 0.6 is 0 Å². The highest BCUT2D eigenvalue weighted by atomic mass is 16.6. The number of aromatic nitrogens is 4. The van der Waals surface area contributed by atoms with Gasteiger partial charge in [-0.3, -0.25) is 28.8 Å². The molecule has 4 N–H and O–H groups in total. The van der Waals surface area contributed by atoms with Crippen LogP contribution in [0.4, 0.5) is 0 Å². The van der Waals surface area contributed by atoms with Gasteiger partial charge >= 0.3 is 5.97 Å². The van der Waals surface area contributed by atoms with E-state index in [0.717, 1.165) is 24.0 Å². The van der Waals surface area contributed by atoms with Gasteiger partial charge in [0.1, 0.15) is 29.8 Å². The van der Waals surface area contributed by atoms with Crippen molar-refractivity contribution >= 4 is 41.3 Å². The van der Waals surface area contributed by atoms with Crippen molar-refractivity contribution in [1.82, 2.24) is 46.4 Å². The van der Waals surface area contributed by atoms with Crippen LogP contribution in [0.5, 0.6) is 0 Å². The summed E-state index contributed by atoms with van der Waals surface area (Å²) in [6.07, 6.45) is 4.94.